The lowest BCUT2D eigenvalue weighted by Gasteiger charge is -2.17. The van der Waals surface area contributed by atoms with E-state index in [4.69, 9.17) is 15.7 Å². The Morgan fingerprint density at radius 2 is 2.27 bits per heavy atom. The standard InChI is InChI=1S/C11H16BN3O7/c1-5-3-14(8-2-6(16)7(22-8)4-21-13)11(20)15(9(5)17)12-10(18)19/h3,6-8,12,16H,2,4,13H2,1H3,(H,18,19)/t6-,7+,8+/m0/s1. The first-order chi connectivity index (χ1) is 10.3. The summed E-state index contributed by atoms with van der Waals surface area (Å²) in [6, 6.07) is 0. The van der Waals surface area contributed by atoms with Gasteiger partial charge in [0.25, 0.3) is 5.87 Å². The first kappa shape index (κ1) is 16.4. The lowest BCUT2D eigenvalue weighted by atomic mass is 9.95. The number of aliphatic hydroxyl groups is 1. The van der Waals surface area contributed by atoms with Crippen molar-refractivity contribution in [2.75, 3.05) is 6.61 Å². The van der Waals surface area contributed by atoms with Crippen LogP contribution in [0.25, 0.3) is 0 Å². The number of ether oxygens (including phenoxy) is 1. The minimum Gasteiger partial charge on any atom is -0.488 e. The van der Waals surface area contributed by atoms with Gasteiger partial charge in [-0.25, -0.2) is 10.7 Å². The normalized spacial score (nSPS) is 24.4. The van der Waals surface area contributed by atoms with Crippen molar-refractivity contribution in [2.45, 2.75) is 31.8 Å². The maximum absolute atomic E-state index is 12.3. The molecule has 0 amide bonds. The molecule has 1 aliphatic heterocycles. The van der Waals surface area contributed by atoms with E-state index in [9.17, 15) is 19.5 Å². The van der Waals surface area contributed by atoms with Crippen molar-refractivity contribution in [1.82, 2.24) is 9.05 Å². The molecule has 1 aliphatic rings. The second-order valence-electron chi connectivity index (χ2n) is 5.05. The Morgan fingerprint density at radius 3 is 2.86 bits per heavy atom. The Labute approximate surface area is 124 Å². The fraction of sp³-hybridized carbons (Fsp3) is 0.545. The Balaban J connectivity index is 2.41. The zero-order valence-electron chi connectivity index (χ0n) is 11.8. The highest BCUT2D eigenvalue weighted by Gasteiger charge is 2.36. The number of carboxylic acid groups (broad SMARTS) is 1. The molecule has 4 N–H and O–H groups in total. The second kappa shape index (κ2) is 6.44. The predicted molar refractivity (Wildman–Crippen MR) is 74.9 cm³/mol. The summed E-state index contributed by atoms with van der Waals surface area (Å²) in [7, 11) is -0.746. The molecule has 0 spiro atoms. The lowest BCUT2D eigenvalue weighted by Crippen LogP contribution is -2.46. The summed E-state index contributed by atoms with van der Waals surface area (Å²) >= 11 is 0. The number of carbonyl (C=O) groups is 1. The number of hydrogen-bond donors (Lipinski definition) is 3. The Morgan fingerprint density at radius 1 is 1.59 bits per heavy atom. The molecule has 120 valence electrons. The topological polar surface area (TPSA) is 146 Å². The fourth-order valence-corrected chi connectivity index (χ4v) is 2.37. The van der Waals surface area contributed by atoms with E-state index in [1.807, 2.05) is 0 Å². The van der Waals surface area contributed by atoms with Crippen LogP contribution < -0.4 is 17.1 Å². The molecule has 1 saturated heterocycles. The maximum atomic E-state index is 12.3. The summed E-state index contributed by atoms with van der Waals surface area (Å²) in [6.07, 6.45) is -1.05. The SMILES string of the molecule is Cc1cn([C@H]2C[C@H](O)[C@@H](CON)O2)c(=O)n(BC(=O)O)c1=O. The van der Waals surface area contributed by atoms with Crippen molar-refractivity contribution >= 4 is 13.3 Å². The van der Waals surface area contributed by atoms with Crippen molar-refractivity contribution in [2.24, 2.45) is 5.90 Å². The number of nitrogens with zero attached hydrogens (tertiary/aromatic N) is 2. The fourth-order valence-electron chi connectivity index (χ4n) is 2.37. The van der Waals surface area contributed by atoms with Gasteiger partial charge in [-0.2, -0.15) is 0 Å². The Hall–Kier alpha value is -1.95. The van der Waals surface area contributed by atoms with Crippen LogP contribution in [0.3, 0.4) is 0 Å². The van der Waals surface area contributed by atoms with Crippen molar-refractivity contribution in [3.8, 4) is 0 Å². The van der Waals surface area contributed by atoms with Crippen molar-refractivity contribution in [3.05, 3.63) is 32.6 Å². The van der Waals surface area contributed by atoms with Crippen molar-refractivity contribution in [1.29, 1.82) is 0 Å². The quantitative estimate of drug-likeness (QED) is 0.407. The highest BCUT2D eigenvalue weighted by atomic mass is 16.6. The van der Waals surface area contributed by atoms with E-state index in [0.29, 0.717) is 4.48 Å². The third-order valence-electron chi connectivity index (χ3n) is 3.44. The maximum Gasteiger partial charge on any atom is 0.382 e. The molecule has 0 unspecified atom stereocenters. The molecule has 2 rings (SSSR count). The average Bonchev–Trinajstić information content (AvgIpc) is 2.80. The molecule has 0 aliphatic carbocycles. The molecular weight excluding hydrogens is 297 g/mol. The highest BCUT2D eigenvalue weighted by molar-refractivity contribution is 6.70. The summed E-state index contributed by atoms with van der Waals surface area (Å²) in [6.45, 7) is 1.41. The van der Waals surface area contributed by atoms with Gasteiger partial charge in [0, 0.05) is 18.2 Å². The third kappa shape index (κ3) is 3.12. The minimum absolute atomic E-state index is 0.0554. The van der Waals surface area contributed by atoms with Crippen molar-refractivity contribution in [3.63, 3.8) is 0 Å². The van der Waals surface area contributed by atoms with Gasteiger partial charge in [-0.05, 0) is 6.92 Å². The molecule has 0 aromatic carbocycles. The van der Waals surface area contributed by atoms with Gasteiger partial charge < -0.3 is 19.8 Å². The molecule has 22 heavy (non-hydrogen) atoms. The monoisotopic (exact) mass is 313 g/mol. The van der Waals surface area contributed by atoms with Crippen molar-refractivity contribution < 1.29 is 24.6 Å². The van der Waals surface area contributed by atoms with Gasteiger partial charge in [0.1, 0.15) is 12.3 Å². The van der Waals surface area contributed by atoms with Crippen LogP contribution in [0.4, 0.5) is 4.79 Å². The van der Waals surface area contributed by atoms with Gasteiger partial charge >= 0.3 is 13.1 Å². The van der Waals surface area contributed by atoms with Gasteiger partial charge in [-0.1, -0.05) is 0 Å². The second-order valence-corrected chi connectivity index (χ2v) is 5.05. The molecular formula is C11H16BN3O7. The van der Waals surface area contributed by atoms with E-state index in [0.717, 1.165) is 4.57 Å². The first-order valence-electron chi connectivity index (χ1n) is 6.54. The predicted octanol–water partition coefficient (Wildman–Crippen LogP) is -2.27. The summed E-state index contributed by atoms with van der Waals surface area (Å²) in [4.78, 5) is 39.4. The van der Waals surface area contributed by atoms with Gasteiger partial charge in [0.15, 0.2) is 0 Å². The van der Waals surface area contributed by atoms with Crippen LogP contribution in [0.15, 0.2) is 15.8 Å². The number of aliphatic hydroxyl groups excluding tert-OH is 1. The van der Waals surface area contributed by atoms with E-state index < -0.39 is 43.0 Å². The molecule has 1 fully saturated rings. The number of nitrogens with two attached hydrogens (primary N) is 1. The van der Waals surface area contributed by atoms with Gasteiger partial charge in [-0.3, -0.25) is 18.6 Å². The van der Waals surface area contributed by atoms with E-state index in [1.54, 1.807) is 0 Å². The molecule has 3 atom stereocenters. The van der Waals surface area contributed by atoms with Gasteiger partial charge in [0.2, 0.25) is 5.56 Å². The lowest BCUT2D eigenvalue weighted by molar-refractivity contribution is -0.0643. The summed E-state index contributed by atoms with van der Waals surface area (Å²) in [5.74, 6) is 3.63. The zero-order chi connectivity index (χ0) is 16.4. The van der Waals surface area contributed by atoms with Gasteiger partial charge in [0.05, 0.1) is 12.7 Å². The van der Waals surface area contributed by atoms with E-state index in [-0.39, 0.29) is 18.6 Å². The third-order valence-corrected chi connectivity index (χ3v) is 3.44. The molecule has 11 heteroatoms. The van der Waals surface area contributed by atoms with Gasteiger partial charge in [-0.15, -0.1) is 0 Å². The minimum atomic E-state index is -1.31. The van der Waals surface area contributed by atoms with Crippen LogP contribution in [0.2, 0.25) is 0 Å². The van der Waals surface area contributed by atoms with Crippen LogP contribution >= 0.6 is 0 Å². The van der Waals surface area contributed by atoms with Crippen LogP contribution in [0.1, 0.15) is 18.2 Å². The van der Waals surface area contributed by atoms with Crippen LogP contribution in [-0.4, -0.2) is 51.4 Å². The molecule has 1 aromatic rings. The number of hydrogen-bond acceptors (Lipinski definition) is 7. The Kier molecular flexibility index (Phi) is 4.81. The smallest absolute Gasteiger partial charge is 0.382 e. The molecule has 2 heterocycles. The molecule has 0 radical (unpaired) electrons. The first-order valence-corrected chi connectivity index (χ1v) is 6.54. The van der Waals surface area contributed by atoms with Crippen LogP contribution in [0, 0.1) is 6.92 Å². The molecule has 10 nitrogen and oxygen atoms in total. The number of aromatic nitrogens is 2. The molecule has 0 bridgehead atoms. The van der Waals surface area contributed by atoms with E-state index in [2.05, 4.69) is 4.84 Å². The summed E-state index contributed by atoms with van der Waals surface area (Å²) < 4.78 is 7.19. The average molecular weight is 313 g/mol. The zero-order valence-corrected chi connectivity index (χ0v) is 11.8. The highest BCUT2D eigenvalue weighted by Crippen LogP contribution is 2.27. The number of rotatable bonds is 5. The summed E-state index contributed by atoms with van der Waals surface area (Å²) in [5, 5.41) is 18.7. The molecule has 0 saturated carbocycles. The largest absolute Gasteiger partial charge is 0.488 e. The van der Waals surface area contributed by atoms with Crippen LogP contribution in [0.5, 0.6) is 0 Å². The number of aryl methyl sites for hydroxylation is 1. The van der Waals surface area contributed by atoms with E-state index in [1.165, 1.54) is 13.1 Å². The summed E-state index contributed by atoms with van der Waals surface area (Å²) in [5.41, 5.74) is -1.30. The van der Waals surface area contributed by atoms with E-state index >= 15 is 0 Å². The Bertz CT molecular complexity index is 685. The van der Waals surface area contributed by atoms with Crippen LogP contribution in [-0.2, 0) is 9.57 Å². The molecule has 1 aromatic heterocycles.